The molecule has 1 aliphatic rings. The maximum absolute atomic E-state index is 14.1. The van der Waals surface area contributed by atoms with Crippen molar-refractivity contribution in [3.63, 3.8) is 0 Å². The molecule has 5 rings (SSSR count). The van der Waals surface area contributed by atoms with Crippen LogP contribution < -0.4 is 10.2 Å². The first-order valence-electron chi connectivity index (χ1n) is 12.6. The molecule has 2 heterocycles. The number of nitrogens with one attached hydrogen (secondary N) is 2. The molecule has 2 aromatic carbocycles. The second-order valence-corrected chi connectivity index (χ2v) is 10.6. The van der Waals surface area contributed by atoms with E-state index in [1.807, 2.05) is 48.5 Å². The van der Waals surface area contributed by atoms with Crippen molar-refractivity contribution in [1.29, 1.82) is 0 Å². The number of carbonyl (C=O) groups is 2. The Kier molecular flexibility index (Phi) is 6.82. The summed E-state index contributed by atoms with van der Waals surface area (Å²) in [4.78, 5) is 40.7. The largest absolute Gasteiger partial charge is 0.390 e. The van der Waals surface area contributed by atoms with Crippen molar-refractivity contribution < 1.29 is 14.7 Å². The summed E-state index contributed by atoms with van der Waals surface area (Å²) in [7, 11) is 0. The summed E-state index contributed by atoms with van der Waals surface area (Å²) in [6, 6.07) is 17.1. The average molecular weight is 510 g/mol. The van der Waals surface area contributed by atoms with Crippen LogP contribution in [0.3, 0.4) is 0 Å². The van der Waals surface area contributed by atoms with Crippen LogP contribution in [0.2, 0.25) is 0 Å². The van der Waals surface area contributed by atoms with Gasteiger partial charge in [-0.25, -0.2) is 4.98 Å². The number of aromatic amines is 1. The maximum Gasteiger partial charge on any atom is 0.279 e. The van der Waals surface area contributed by atoms with Crippen LogP contribution in [0.5, 0.6) is 0 Å². The molecule has 0 spiro atoms. The van der Waals surface area contributed by atoms with Crippen molar-refractivity contribution in [1.82, 2.24) is 20.3 Å². The number of amides is 2. The number of rotatable bonds is 6. The topological polar surface area (TPSA) is 111 Å². The summed E-state index contributed by atoms with van der Waals surface area (Å²) in [5.74, 6) is -0.867. The van der Waals surface area contributed by atoms with Crippen molar-refractivity contribution in [3.8, 4) is 0 Å². The van der Waals surface area contributed by atoms with E-state index in [1.165, 1.54) is 17.4 Å². The number of aromatic nitrogens is 3. The zero-order chi connectivity index (χ0) is 26.9. The third kappa shape index (κ3) is 4.95. The quantitative estimate of drug-likeness (QED) is 0.360. The molecule has 1 unspecified atom stereocenters. The van der Waals surface area contributed by atoms with Crippen LogP contribution in [0.15, 0.2) is 85.6 Å². The van der Waals surface area contributed by atoms with E-state index >= 15 is 0 Å². The summed E-state index contributed by atoms with van der Waals surface area (Å²) >= 11 is 0. The van der Waals surface area contributed by atoms with Gasteiger partial charge >= 0.3 is 0 Å². The molecule has 0 radical (unpaired) electrons. The number of anilines is 1. The van der Waals surface area contributed by atoms with Crippen LogP contribution in [0.1, 0.15) is 65.6 Å². The van der Waals surface area contributed by atoms with Crippen LogP contribution in [0, 0.1) is 0 Å². The Morgan fingerprint density at radius 3 is 2.50 bits per heavy atom. The number of carbonyl (C=O) groups excluding carboxylic acids is 2. The van der Waals surface area contributed by atoms with Gasteiger partial charge in [0, 0.05) is 36.3 Å². The number of fused-ring (bicyclic) bond motifs is 1. The van der Waals surface area contributed by atoms with Crippen LogP contribution in [0.25, 0.3) is 0 Å². The Morgan fingerprint density at radius 2 is 1.84 bits per heavy atom. The van der Waals surface area contributed by atoms with Crippen molar-refractivity contribution >= 4 is 17.5 Å². The van der Waals surface area contributed by atoms with E-state index in [-0.39, 0.29) is 11.1 Å². The molecular weight excluding hydrogens is 478 g/mol. The third-order valence-corrected chi connectivity index (χ3v) is 6.96. The van der Waals surface area contributed by atoms with Crippen molar-refractivity contribution in [2.24, 2.45) is 0 Å². The van der Waals surface area contributed by atoms with Crippen molar-refractivity contribution in [2.75, 3.05) is 4.90 Å². The fourth-order valence-corrected chi connectivity index (χ4v) is 4.94. The van der Waals surface area contributed by atoms with Gasteiger partial charge in [0.05, 0.1) is 18.5 Å². The first-order valence-corrected chi connectivity index (χ1v) is 12.6. The van der Waals surface area contributed by atoms with Gasteiger partial charge < -0.3 is 15.4 Å². The van der Waals surface area contributed by atoms with E-state index in [9.17, 15) is 14.7 Å². The number of H-pyrrole nitrogens is 1. The second-order valence-electron chi connectivity index (χ2n) is 10.6. The standard InChI is InChI=1S/C30H31N5O3/c1-30(2,3)21-10-12-22(13-11-21)35(29(38)24-17-32-18-33-24)27(20-8-6-14-31-16-20)28(37)34-26-23-9-5-4-7-19(23)15-25(26)36/h4-14,16-18,25-27,36H,15H2,1-3H3,(H,32,33)(H,34,37)/t25-,26-,27?/m0/s1. The highest BCUT2D eigenvalue weighted by Crippen LogP contribution is 2.35. The predicted octanol–water partition coefficient (Wildman–Crippen LogP) is 4.26. The predicted molar refractivity (Wildman–Crippen MR) is 145 cm³/mol. The Bertz CT molecular complexity index is 1410. The number of aliphatic hydroxyl groups is 1. The van der Waals surface area contributed by atoms with Gasteiger partial charge in [-0.15, -0.1) is 0 Å². The minimum atomic E-state index is -1.06. The summed E-state index contributed by atoms with van der Waals surface area (Å²) in [6.07, 6.45) is 5.81. The molecule has 2 amide bonds. The zero-order valence-electron chi connectivity index (χ0n) is 21.6. The third-order valence-electron chi connectivity index (χ3n) is 6.96. The lowest BCUT2D eigenvalue weighted by molar-refractivity contribution is -0.124. The molecule has 0 saturated carbocycles. The first-order chi connectivity index (χ1) is 18.2. The van der Waals surface area contributed by atoms with Gasteiger partial charge in [-0.2, -0.15) is 0 Å². The molecule has 0 bridgehead atoms. The number of benzene rings is 2. The molecule has 4 aromatic rings. The molecule has 8 nitrogen and oxygen atoms in total. The summed E-state index contributed by atoms with van der Waals surface area (Å²) in [5.41, 5.74) is 4.14. The fraction of sp³-hybridized carbons (Fsp3) is 0.267. The monoisotopic (exact) mass is 509 g/mol. The first kappa shape index (κ1) is 25.4. The van der Waals surface area contributed by atoms with Gasteiger partial charge in [0.25, 0.3) is 5.91 Å². The number of hydrogen-bond acceptors (Lipinski definition) is 5. The number of nitrogens with zero attached hydrogens (tertiary/aromatic N) is 3. The van der Waals surface area contributed by atoms with E-state index < -0.39 is 30.0 Å². The zero-order valence-corrected chi connectivity index (χ0v) is 21.6. The second kappa shape index (κ2) is 10.2. The molecule has 194 valence electrons. The van der Waals surface area contributed by atoms with Crippen LogP contribution in [-0.4, -0.2) is 38.0 Å². The lowest BCUT2D eigenvalue weighted by Gasteiger charge is -2.32. The van der Waals surface area contributed by atoms with Gasteiger partial charge in [0.2, 0.25) is 5.91 Å². The molecule has 0 aliphatic heterocycles. The SMILES string of the molecule is CC(C)(C)c1ccc(N(C(=O)c2c[nH]cn2)C(C(=O)N[C@H]2c3ccccc3C[C@@H]2O)c2cccnc2)cc1. The van der Waals surface area contributed by atoms with Crippen LogP contribution >= 0.6 is 0 Å². The Labute approximate surface area is 221 Å². The highest BCUT2D eigenvalue weighted by molar-refractivity contribution is 6.09. The minimum absolute atomic E-state index is 0.0817. The highest BCUT2D eigenvalue weighted by atomic mass is 16.3. The number of imidazole rings is 1. The molecule has 1 aliphatic carbocycles. The molecule has 3 atom stereocenters. The summed E-state index contributed by atoms with van der Waals surface area (Å²) < 4.78 is 0. The smallest absolute Gasteiger partial charge is 0.279 e. The summed E-state index contributed by atoms with van der Waals surface area (Å²) in [6.45, 7) is 6.35. The van der Waals surface area contributed by atoms with Crippen molar-refractivity contribution in [2.45, 2.75) is 50.8 Å². The molecule has 8 heteroatoms. The lowest BCUT2D eigenvalue weighted by Crippen LogP contribution is -2.46. The minimum Gasteiger partial charge on any atom is -0.390 e. The van der Waals surface area contributed by atoms with Crippen LogP contribution in [0.4, 0.5) is 5.69 Å². The van der Waals surface area contributed by atoms with Gasteiger partial charge in [0.1, 0.15) is 11.7 Å². The Morgan fingerprint density at radius 1 is 1.08 bits per heavy atom. The van der Waals surface area contributed by atoms with E-state index in [4.69, 9.17) is 0 Å². The molecule has 38 heavy (non-hydrogen) atoms. The van der Waals surface area contributed by atoms with Crippen molar-refractivity contribution in [3.05, 3.63) is 114 Å². The summed E-state index contributed by atoms with van der Waals surface area (Å²) in [5, 5.41) is 13.8. The molecular formula is C30H31N5O3. The molecule has 3 N–H and O–H groups in total. The lowest BCUT2D eigenvalue weighted by atomic mass is 9.87. The highest BCUT2D eigenvalue weighted by Gasteiger charge is 2.38. The van der Waals surface area contributed by atoms with Crippen LogP contribution in [-0.2, 0) is 16.6 Å². The normalized spacial score (nSPS) is 17.5. The van der Waals surface area contributed by atoms with Gasteiger partial charge in [-0.3, -0.25) is 19.5 Å². The Balaban J connectivity index is 1.59. The maximum atomic E-state index is 14.1. The number of aliphatic hydroxyl groups excluding tert-OH is 1. The van der Waals surface area contributed by atoms with E-state index in [2.05, 4.69) is 41.0 Å². The fourth-order valence-electron chi connectivity index (χ4n) is 4.94. The van der Waals surface area contributed by atoms with Gasteiger partial charge in [0.15, 0.2) is 0 Å². The number of hydrogen-bond donors (Lipinski definition) is 3. The van der Waals surface area contributed by atoms with Gasteiger partial charge in [-0.1, -0.05) is 63.2 Å². The number of pyridine rings is 1. The van der Waals surface area contributed by atoms with Gasteiger partial charge in [-0.05, 0) is 40.3 Å². The Hall–Kier alpha value is -4.30. The van der Waals surface area contributed by atoms with E-state index in [1.54, 1.807) is 24.5 Å². The van der Waals surface area contributed by atoms with E-state index in [0.29, 0.717) is 17.7 Å². The average Bonchev–Trinajstić information content (AvgIpc) is 3.55. The van der Waals surface area contributed by atoms with E-state index in [0.717, 1.165) is 16.7 Å². The molecule has 0 saturated heterocycles. The molecule has 0 fully saturated rings. The molecule has 2 aromatic heterocycles.